The number of aliphatic hydroxyl groups excluding tert-OH is 1. The topological polar surface area (TPSA) is 63.1 Å². The molecule has 3 fully saturated rings. The molecule has 0 amide bonds. The van der Waals surface area contributed by atoms with Gasteiger partial charge in [0.2, 0.25) is 0 Å². The fraction of sp³-hybridized carbons (Fsp3) is 0.620. The average molecular weight is 982 g/mol. The SMILES string of the molecule is CC1(C)c2cc3ccccc3[c-]c2-c2ncnc3sc([Si](CC4CCCC4)(CC4CCCC4)CC4CCCC4)c1c23.CCC(CC)C(=O)/C=C(\O)C(CC)CC.[Ir]. The van der Waals surface area contributed by atoms with Crippen LogP contribution in [0.4, 0.5) is 0 Å². The number of thiophene rings is 1. The maximum absolute atomic E-state index is 11.7. The molecule has 2 heterocycles. The fourth-order valence-corrected chi connectivity index (χ4v) is 21.2. The summed E-state index contributed by atoms with van der Waals surface area (Å²) in [4.78, 5) is 23.0. The molecule has 0 unspecified atom stereocenters. The van der Waals surface area contributed by atoms with Crippen molar-refractivity contribution in [2.24, 2.45) is 29.6 Å². The van der Waals surface area contributed by atoms with Crippen LogP contribution in [0, 0.1) is 35.7 Å². The molecule has 8 rings (SSSR count). The van der Waals surface area contributed by atoms with E-state index in [0.29, 0.717) is 0 Å². The minimum Gasteiger partial charge on any atom is -0.512 e. The van der Waals surface area contributed by atoms with Gasteiger partial charge < -0.3 is 5.11 Å². The normalized spacial score (nSPS) is 18.7. The molecular weight excluding hydrogens is 913 g/mol. The summed E-state index contributed by atoms with van der Waals surface area (Å²) in [7, 11) is -1.83. The van der Waals surface area contributed by atoms with Gasteiger partial charge in [-0.1, -0.05) is 153 Å². The molecule has 0 bridgehead atoms. The molecule has 3 saturated carbocycles. The number of aliphatic hydroxyl groups is 1. The Hall–Kier alpha value is -2.18. The van der Waals surface area contributed by atoms with Gasteiger partial charge in [0.05, 0.1) is 5.76 Å². The molecule has 57 heavy (non-hydrogen) atoms. The van der Waals surface area contributed by atoms with Crippen molar-refractivity contribution < 1.29 is 30.0 Å². The van der Waals surface area contributed by atoms with E-state index in [1.807, 2.05) is 38.5 Å². The van der Waals surface area contributed by atoms with Crippen LogP contribution in [0.3, 0.4) is 0 Å². The summed E-state index contributed by atoms with van der Waals surface area (Å²) in [6.45, 7) is 13.1. The molecule has 311 valence electrons. The van der Waals surface area contributed by atoms with Gasteiger partial charge in [0.1, 0.15) is 19.2 Å². The number of carbonyl (C=O) groups excluding carboxylic acids is 1. The Morgan fingerprint density at radius 3 is 1.89 bits per heavy atom. The van der Waals surface area contributed by atoms with E-state index >= 15 is 0 Å². The van der Waals surface area contributed by atoms with Crippen LogP contribution in [0.25, 0.3) is 32.2 Å². The van der Waals surface area contributed by atoms with Crippen molar-refractivity contribution in [2.75, 3.05) is 0 Å². The molecule has 2 aromatic heterocycles. The van der Waals surface area contributed by atoms with E-state index in [9.17, 15) is 9.90 Å². The Morgan fingerprint density at radius 2 is 1.37 bits per heavy atom. The number of rotatable bonds is 14. The number of carbonyl (C=O) groups is 1. The molecule has 0 saturated heterocycles. The average Bonchev–Trinajstić information content (AvgIpc) is 4.04. The van der Waals surface area contributed by atoms with Gasteiger partial charge in [-0.2, -0.15) is 0 Å². The van der Waals surface area contributed by atoms with Crippen LogP contribution in [0.5, 0.6) is 0 Å². The van der Waals surface area contributed by atoms with Crippen LogP contribution in [0.2, 0.25) is 18.1 Å². The molecule has 4 aromatic rings. The first kappa shape index (κ1) is 44.4. The zero-order valence-electron chi connectivity index (χ0n) is 35.9. The third-order valence-corrected chi connectivity index (χ3v) is 22.6. The smallest absolute Gasteiger partial charge is 0.162 e. The fourth-order valence-electron chi connectivity index (χ4n) is 11.7. The van der Waals surface area contributed by atoms with Crippen molar-refractivity contribution in [3.8, 4) is 11.3 Å². The first-order chi connectivity index (χ1) is 27.1. The van der Waals surface area contributed by atoms with E-state index in [1.165, 1.54) is 133 Å². The van der Waals surface area contributed by atoms with Crippen LogP contribution in [-0.2, 0) is 30.3 Å². The van der Waals surface area contributed by atoms with E-state index in [-0.39, 0.29) is 48.9 Å². The third kappa shape index (κ3) is 9.27. The number of ketones is 1. The van der Waals surface area contributed by atoms with Gasteiger partial charge in [-0.25, -0.2) is 4.98 Å². The van der Waals surface area contributed by atoms with Crippen LogP contribution in [-0.4, -0.2) is 28.9 Å². The summed E-state index contributed by atoms with van der Waals surface area (Å²) >= 11 is 2.13. The first-order valence-corrected chi connectivity index (χ1v) is 26.2. The summed E-state index contributed by atoms with van der Waals surface area (Å²) in [6, 6.07) is 19.7. The summed E-state index contributed by atoms with van der Waals surface area (Å²) in [5.74, 6) is 3.39. The molecule has 1 N–H and O–H groups in total. The van der Waals surface area contributed by atoms with Crippen molar-refractivity contribution in [3.63, 3.8) is 0 Å². The molecule has 0 aliphatic heterocycles. The van der Waals surface area contributed by atoms with Crippen molar-refractivity contribution in [1.29, 1.82) is 0 Å². The molecular formula is C50H69IrN2O2SSi-. The van der Waals surface area contributed by atoms with Crippen LogP contribution in [0.15, 0.2) is 48.5 Å². The minimum absolute atomic E-state index is 0. The molecule has 4 aliphatic rings. The van der Waals surface area contributed by atoms with Crippen molar-refractivity contribution in [2.45, 2.75) is 168 Å². The number of hydrogen-bond donors (Lipinski definition) is 1. The Labute approximate surface area is 362 Å². The Bertz CT molecular complexity index is 1950. The van der Waals surface area contributed by atoms with Gasteiger partial charge in [-0.05, 0) is 77.0 Å². The first-order valence-electron chi connectivity index (χ1n) is 22.8. The minimum atomic E-state index is -1.83. The summed E-state index contributed by atoms with van der Waals surface area (Å²) in [5, 5.41) is 13.6. The molecule has 2 aromatic carbocycles. The Kier molecular flexibility index (Phi) is 15.2. The number of nitrogens with zero attached hydrogens (tertiary/aromatic N) is 2. The summed E-state index contributed by atoms with van der Waals surface area (Å²) < 4.78 is 1.85. The molecule has 0 atom stereocenters. The van der Waals surface area contributed by atoms with E-state index in [2.05, 4.69) is 61.6 Å². The predicted octanol–water partition coefficient (Wildman–Crippen LogP) is 14.0. The van der Waals surface area contributed by atoms with Crippen LogP contribution >= 0.6 is 11.3 Å². The monoisotopic (exact) mass is 982 g/mol. The van der Waals surface area contributed by atoms with E-state index in [1.54, 1.807) is 5.56 Å². The Morgan fingerprint density at radius 1 is 0.842 bits per heavy atom. The van der Waals surface area contributed by atoms with Crippen molar-refractivity contribution >= 4 is 50.7 Å². The number of aromatic nitrogens is 2. The zero-order chi connectivity index (χ0) is 39.5. The van der Waals surface area contributed by atoms with Gasteiger partial charge in [-0.15, -0.1) is 34.9 Å². The van der Waals surface area contributed by atoms with Crippen molar-refractivity contribution in [3.05, 3.63) is 65.7 Å². The maximum Gasteiger partial charge on any atom is 0.162 e. The molecule has 0 spiro atoms. The summed E-state index contributed by atoms with van der Waals surface area (Å²) in [5.41, 5.74) is 5.37. The second-order valence-electron chi connectivity index (χ2n) is 18.8. The molecule has 4 nitrogen and oxygen atoms in total. The number of benzene rings is 2. The largest absolute Gasteiger partial charge is 0.512 e. The summed E-state index contributed by atoms with van der Waals surface area (Å²) in [6.07, 6.45) is 24.3. The van der Waals surface area contributed by atoms with Crippen LogP contribution in [0.1, 0.15) is 155 Å². The second-order valence-corrected chi connectivity index (χ2v) is 24.5. The second kappa shape index (κ2) is 19.5. The molecule has 1 radical (unpaired) electrons. The number of fused-ring (bicyclic) bond motifs is 3. The molecule has 7 heteroatoms. The maximum atomic E-state index is 11.7. The van der Waals surface area contributed by atoms with Crippen molar-refractivity contribution in [1.82, 2.24) is 9.97 Å². The predicted molar refractivity (Wildman–Crippen MR) is 241 cm³/mol. The third-order valence-electron chi connectivity index (χ3n) is 14.8. The van der Waals surface area contributed by atoms with Gasteiger partial charge in [0.25, 0.3) is 0 Å². The van der Waals surface area contributed by atoms with E-state index < -0.39 is 8.07 Å². The van der Waals surface area contributed by atoms with E-state index in [4.69, 9.17) is 9.97 Å². The zero-order valence-corrected chi connectivity index (χ0v) is 40.1. The molecule has 4 aliphatic carbocycles. The number of hydrogen-bond acceptors (Lipinski definition) is 5. The van der Waals surface area contributed by atoms with E-state index in [0.717, 1.165) is 49.1 Å². The number of allylic oxidation sites excluding steroid dienone is 2. The standard InChI is InChI=1S/C37H45N2SSi.C13H24O2.Ir/c1-37(2)31-20-29-18-10-9-17-28(29)19-30(31)34-32-33(37)36(40-35(32)39-24-38-34)41(21-25-11-3-4-12-25,22-26-13-5-6-14-26)23-27-15-7-8-16-27;1-5-10(6-2)12(14)9-13(15)11(7-3)8-4;/h9-10,17-18,20,24-27H,3-8,11-16,21-23H2,1-2H3;9-11,14H,5-8H2,1-4H3;/q-1;;/b;12-9-;. The van der Waals surface area contributed by atoms with Gasteiger partial charge in [-0.3, -0.25) is 9.78 Å². The van der Waals surface area contributed by atoms with Gasteiger partial charge >= 0.3 is 0 Å². The quantitative estimate of drug-likeness (QED) is 0.0592. The van der Waals surface area contributed by atoms with Gasteiger partial charge in [0, 0.05) is 49.1 Å². The van der Waals surface area contributed by atoms with Crippen LogP contribution < -0.4 is 4.50 Å². The van der Waals surface area contributed by atoms with Gasteiger partial charge in [0.15, 0.2) is 5.78 Å². The Balaban J connectivity index is 0.000000295.